The van der Waals surface area contributed by atoms with Crippen LogP contribution in [-0.2, 0) is 6.54 Å². The number of carbonyl (C=O) groups excluding carboxylic acids is 1. The number of aryl methyl sites for hydroxylation is 1. The lowest BCUT2D eigenvalue weighted by Crippen LogP contribution is -2.43. The normalized spacial score (nSPS) is 13.1. The number of aromatic amines is 1. The Morgan fingerprint density at radius 3 is 2.73 bits per heavy atom. The highest BCUT2D eigenvalue weighted by Gasteiger charge is 2.22. The number of aromatic nitrogens is 2. The van der Waals surface area contributed by atoms with Crippen molar-refractivity contribution in [3.8, 4) is 0 Å². The van der Waals surface area contributed by atoms with Gasteiger partial charge in [0.25, 0.3) is 0 Å². The van der Waals surface area contributed by atoms with E-state index in [9.17, 15) is 9.90 Å². The Balaban J connectivity index is 1.86. The van der Waals surface area contributed by atoms with Gasteiger partial charge < -0.3 is 20.7 Å². The van der Waals surface area contributed by atoms with Crippen LogP contribution in [0.4, 0.5) is 4.79 Å². The molecule has 1 heterocycles. The van der Waals surface area contributed by atoms with E-state index in [2.05, 4.69) is 20.6 Å². The molecule has 1 atom stereocenters. The van der Waals surface area contributed by atoms with Gasteiger partial charge in [-0.1, -0.05) is 32.9 Å². The van der Waals surface area contributed by atoms with Crippen LogP contribution in [0.3, 0.4) is 0 Å². The SMILES string of the molecule is Cc1cccc2[nH]c(CNC(=O)NCC(O)C(C)(C)C)nc12. The van der Waals surface area contributed by atoms with Crippen molar-refractivity contribution in [3.05, 3.63) is 29.6 Å². The van der Waals surface area contributed by atoms with Crippen LogP contribution in [0.5, 0.6) is 0 Å². The summed E-state index contributed by atoms with van der Waals surface area (Å²) in [7, 11) is 0. The van der Waals surface area contributed by atoms with Gasteiger partial charge in [-0.3, -0.25) is 0 Å². The second kappa shape index (κ2) is 6.36. The molecular formula is C16H24N4O2. The zero-order valence-corrected chi connectivity index (χ0v) is 13.5. The maximum atomic E-state index is 11.8. The third-order valence-corrected chi connectivity index (χ3v) is 3.64. The first-order valence-electron chi connectivity index (χ1n) is 7.41. The first-order chi connectivity index (χ1) is 10.3. The van der Waals surface area contributed by atoms with Gasteiger partial charge in [0.05, 0.1) is 23.7 Å². The number of hydrogen-bond donors (Lipinski definition) is 4. The monoisotopic (exact) mass is 304 g/mol. The molecule has 0 aliphatic heterocycles. The van der Waals surface area contributed by atoms with E-state index in [1.54, 1.807) is 0 Å². The van der Waals surface area contributed by atoms with Gasteiger partial charge in [0, 0.05) is 6.54 Å². The average Bonchev–Trinajstić information content (AvgIpc) is 2.86. The highest BCUT2D eigenvalue weighted by Crippen LogP contribution is 2.18. The van der Waals surface area contributed by atoms with Crippen molar-refractivity contribution in [2.75, 3.05) is 6.54 Å². The second-order valence-corrected chi connectivity index (χ2v) is 6.60. The number of H-pyrrole nitrogens is 1. The first kappa shape index (κ1) is 16.3. The minimum absolute atomic E-state index is 0.217. The Labute approximate surface area is 130 Å². The molecule has 1 aromatic heterocycles. The van der Waals surface area contributed by atoms with Crippen LogP contribution in [0.2, 0.25) is 0 Å². The average molecular weight is 304 g/mol. The molecule has 120 valence electrons. The lowest BCUT2D eigenvalue weighted by Gasteiger charge is -2.25. The molecule has 6 nitrogen and oxygen atoms in total. The fourth-order valence-corrected chi connectivity index (χ4v) is 2.03. The summed E-state index contributed by atoms with van der Waals surface area (Å²) in [5.74, 6) is 0.704. The van der Waals surface area contributed by atoms with Gasteiger partial charge in [-0.25, -0.2) is 9.78 Å². The summed E-state index contributed by atoms with van der Waals surface area (Å²) in [5.41, 5.74) is 2.71. The number of nitrogens with one attached hydrogen (secondary N) is 3. The number of nitrogens with zero attached hydrogens (tertiary/aromatic N) is 1. The molecule has 0 saturated carbocycles. The standard InChI is InChI=1S/C16H24N4O2/c1-10-6-5-7-11-14(10)20-13(19-11)9-18-15(22)17-8-12(21)16(2,3)4/h5-7,12,21H,8-9H2,1-4H3,(H,19,20)(H2,17,18,22). The van der Waals surface area contributed by atoms with Crippen LogP contribution in [0.1, 0.15) is 32.2 Å². The molecule has 0 bridgehead atoms. The van der Waals surface area contributed by atoms with Crippen LogP contribution in [-0.4, -0.2) is 33.8 Å². The largest absolute Gasteiger partial charge is 0.391 e. The Morgan fingerprint density at radius 2 is 2.09 bits per heavy atom. The van der Waals surface area contributed by atoms with Crippen molar-refractivity contribution in [3.63, 3.8) is 0 Å². The molecule has 22 heavy (non-hydrogen) atoms. The summed E-state index contributed by atoms with van der Waals surface area (Å²) < 4.78 is 0. The molecule has 1 unspecified atom stereocenters. The molecule has 0 radical (unpaired) electrons. The fourth-order valence-electron chi connectivity index (χ4n) is 2.03. The van der Waals surface area contributed by atoms with Gasteiger partial charge in [0.1, 0.15) is 5.82 Å². The summed E-state index contributed by atoms with van der Waals surface area (Å²) in [4.78, 5) is 19.4. The summed E-state index contributed by atoms with van der Waals surface area (Å²) in [6, 6.07) is 5.60. The summed E-state index contributed by atoms with van der Waals surface area (Å²) in [6.07, 6.45) is -0.591. The van der Waals surface area contributed by atoms with E-state index in [0.717, 1.165) is 16.6 Å². The number of amides is 2. The Kier molecular flexibility index (Phi) is 4.71. The van der Waals surface area contributed by atoms with E-state index >= 15 is 0 Å². The van der Waals surface area contributed by atoms with Crippen molar-refractivity contribution < 1.29 is 9.90 Å². The molecule has 0 saturated heterocycles. The zero-order valence-electron chi connectivity index (χ0n) is 13.5. The van der Waals surface area contributed by atoms with Crippen molar-refractivity contribution >= 4 is 17.1 Å². The van der Waals surface area contributed by atoms with Gasteiger partial charge >= 0.3 is 6.03 Å². The fraction of sp³-hybridized carbons (Fsp3) is 0.500. The third kappa shape index (κ3) is 3.98. The van der Waals surface area contributed by atoms with Crippen molar-refractivity contribution in [2.45, 2.75) is 40.3 Å². The van der Waals surface area contributed by atoms with Gasteiger partial charge in [0.15, 0.2) is 0 Å². The van der Waals surface area contributed by atoms with E-state index in [4.69, 9.17) is 0 Å². The zero-order chi connectivity index (χ0) is 16.3. The van der Waals surface area contributed by atoms with Gasteiger partial charge in [0.2, 0.25) is 0 Å². The number of imidazole rings is 1. The van der Waals surface area contributed by atoms with Crippen LogP contribution >= 0.6 is 0 Å². The number of rotatable bonds is 4. The van der Waals surface area contributed by atoms with Crippen LogP contribution in [0.25, 0.3) is 11.0 Å². The molecule has 2 rings (SSSR count). The highest BCUT2D eigenvalue weighted by atomic mass is 16.3. The van der Waals surface area contributed by atoms with E-state index in [1.165, 1.54) is 0 Å². The smallest absolute Gasteiger partial charge is 0.315 e. The summed E-state index contributed by atoms with van der Waals surface area (Å²) >= 11 is 0. The first-order valence-corrected chi connectivity index (χ1v) is 7.41. The predicted molar refractivity (Wildman–Crippen MR) is 86.5 cm³/mol. The lowest BCUT2D eigenvalue weighted by atomic mass is 9.89. The molecule has 6 heteroatoms. The Bertz CT molecular complexity index is 658. The minimum atomic E-state index is -0.591. The van der Waals surface area contributed by atoms with Crippen molar-refractivity contribution in [1.82, 2.24) is 20.6 Å². The Morgan fingerprint density at radius 1 is 1.36 bits per heavy atom. The maximum absolute atomic E-state index is 11.8. The van der Waals surface area contributed by atoms with Gasteiger partial charge in [-0.2, -0.15) is 0 Å². The van der Waals surface area contributed by atoms with E-state index in [1.807, 2.05) is 45.9 Å². The topological polar surface area (TPSA) is 90.0 Å². The van der Waals surface area contributed by atoms with Crippen molar-refractivity contribution in [1.29, 1.82) is 0 Å². The lowest BCUT2D eigenvalue weighted by molar-refractivity contribution is 0.0650. The number of aliphatic hydroxyl groups excluding tert-OH is 1. The predicted octanol–water partition coefficient (Wildman–Crippen LogP) is 2.08. The number of aliphatic hydroxyl groups is 1. The number of benzene rings is 1. The molecule has 2 aromatic rings. The minimum Gasteiger partial charge on any atom is -0.391 e. The molecule has 2 amide bonds. The third-order valence-electron chi connectivity index (χ3n) is 3.64. The van der Waals surface area contributed by atoms with E-state index in [0.29, 0.717) is 12.4 Å². The number of urea groups is 1. The number of fused-ring (bicyclic) bond motifs is 1. The Hall–Kier alpha value is -2.08. The van der Waals surface area contributed by atoms with Crippen LogP contribution in [0.15, 0.2) is 18.2 Å². The highest BCUT2D eigenvalue weighted by molar-refractivity contribution is 5.78. The van der Waals surface area contributed by atoms with E-state index < -0.39 is 6.10 Å². The summed E-state index contributed by atoms with van der Waals surface area (Å²) in [6.45, 7) is 8.30. The number of para-hydroxylation sites is 1. The van der Waals surface area contributed by atoms with Crippen LogP contribution < -0.4 is 10.6 Å². The molecule has 0 aliphatic carbocycles. The molecule has 1 aromatic carbocycles. The number of carbonyl (C=O) groups is 1. The van der Waals surface area contributed by atoms with Crippen LogP contribution in [0, 0.1) is 12.3 Å². The molecule has 0 spiro atoms. The van der Waals surface area contributed by atoms with Gasteiger partial charge in [-0.15, -0.1) is 0 Å². The molecule has 4 N–H and O–H groups in total. The molecule has 0 fully saturated rings. The van der Waals surface area contributed by atoms with E-state index in [-0.39, 0.29) is 18.0 Å². The van der Waals surface area contributed by atoms with Gasteiger partial charge in [-0.05, 0) is 24.0 Å². The maximum Gasteiger partial charge on any atom is 0.315 e. The summed E-state index contributed by atoms with van der Waals surface area (Å²) in [5, 5.41) is 15.3. The second-order valence-electron chi connectivity index (χ2n) is 6.60. The quantitative estimate of drug-likeness (QED) is 0.697. The number of hydrogen-bond acceptors (Lipinski definition) is 3. The van der Waals surface area contributed by atoms with Crippen molar-refractivity contribution in [2.24, 2.45) is 5.41 Å². The molecule has 0 aliphatic rings. The molecular weight excluding hydrogens is 280 g/mol.